The van der Waals surface area contributed by atoms with Crippen LogP contribution in [0.3, 0.4) is 0 Å². The summed E-state index contributed by atoms with van der Waals surface area (Å²) in [7, 11) is 0. The third kappa shape index (κ3) is 4.06. The minimum atomic E-state index is -0.0317. The first-order valence-electron chi connectivity index (χ1n) is 9.84. The minimum Gasteiger partial charge on any atom is -0.378 e. The fraction of sp³-hybridized carbons (Fsp3) is 0.600. The zero-order chi connectivity index (χ0) is 18.8. The summed E-state index contributed by atoms with van der Waals surface area (Å²) in [6.07, 6.45) is 4.60. The van der Waals surface area contributed by atoms with E-state index in [0.29, 0.717) is 48.8 Å². The molecule has 27 heavy (non-hydrogen) atoms. The number of nitrogens with zero attached hydrogens (tertiary/aromatic N) is 2. The minimum absolute atomic E-state index is 0.0117. The Balaban J connectivity index is 1.30. The van der Waals surface area contributed by atoms with Crippen LogP contribution in [-0.4, -0.2) is 66.7 Å². The maximum atomic E-state index is 12.7. The summed E-state index contributed by atoms with van der Waals surface area (Å²) in [4.78, 5) is 28.9. The largest absolute Gasteiger partial charge is 0.378 e. The van der Waals surface area contributed by atoms with Crippen LogP contribution in [0.15, 0.2) is 24.3 Å². The van der Waals surface area contributed by atoms with Crippen molar-refractivity contribution < 1.29 is 14.3 Å². The molecule has 1 aromatic rings. The fourth-order valence-corrected chi connectivity index (χ4v) is 4.71. The van der Waals surface area contributed by atoms with E-state index in [-0.39, 0.29) is 18.0 Å². The van der Waals surface area contributed by atoms with Crippen molar-refractivity contribution in [3.63, 3.8) is 0 Å². The molecule has 0 bridgehead atoms. The second kappa shape index (κ2) is 8.07. The number of fused-ring (bicyclic) bond motifs is 1. The second-order valence-electron chi connectivity index (χ2n) is 7.64. The van der Waals surface area contributed by atoms with E-state index < -0.39 is 0 Å². The van der Waals surface area contributed by atoms with Gasteiger partial charge in [-0.3, -0.25) is 4.79 Å². The molecule has 0 radical (unpaired) electrons. The van der Waals surface area contributed by atoms with E-state index in [0.717, 1.165) is 32.3 Å². The lowest BCUT2D eigenvalue weighted by molar-refractivity contribution is 0.0518. The Labute approximate surface area is 164 Å². The van der Waals surface area contributed by atoms with Gasteiger partial charge in [-0.25, -0.2) is 4.79 Å². The number of rotatable bonds is 2. The Bertz CT molecular complexity index is 705. The van der Waals surface area contributed by atoms with Crippen molar-refractivity contribution in [3.8, 4) is 0 Å². The van der Waals surface area contributed by atoms with Gasteiger partial charge in [0.15, 0.2) is 0 Å². The summed E-state index contributed by atoms with van der Waals surface area (Å²) >= 11 is 5.98. The molecule has 3 unspecified atom stereocenters. The summed E-state index contributed by atoms with van der Waals surface area (Å²) in [5, 5.41) is 3.79. The number of carbonyl (C=O) groups is 2. The molecule has 7 heteroatoms. The third-order valence-corrected chi connectivity index (χ3v) is 6.25. The van der Waals surface area contributed by atoms with Gasteiger partial charge in [-0.15, -0.1) is 0 Å². The van der Waals surface area contributed by atoms with Gasteiger partial charge in [-0.05, 0) is 43.9 Å². The Morgan fingerprint density at radius 2 is 1.85 bits per heavy atom. The van der Waals surface area contributed by atoms with E-state index in [1.54, 1.807) is 29.2 Å². The molecule has 3 atom stereocenters. The van der Waals surface area contributed by atoms with Crippen molar-refractivity contribution in [1.29, 1.82) is 0 Å². The Morgan fingerprint density at radius 3 is 2.63 bits per heavy atom. The van der Waals surface area contributed by atoms with Crippen molar-refractivity contribution >= 4 is 23.5 Å². The Hall–Kier alpha value is -1.79. The van der Waals surface area contributed by atoms with Crippen LogP contribution in [0.5, 0.6) is 0 Å². The van der Waals surface area contributed by atoms with Crippen LogP contribution < -0.4 is 5.32 Å². The number of benzene rings is 1. The van der Waals surface area contributed by atoms with Crippen LogP contribution in [0, 0.1) is 5.92 Å². The molecule has 1 N–H and O–H groups in total. The molecule has 6 nitrogen and oxygen atoms in total. The van der Waals surface area contributed by atoms with Crippen molar-refractivity contribution in [3.05, 3.63) is 34.9 Å². The average molecular weight is 392 g/mol. The lowest BCUT2D eigenvalue weighted by Crippen LogP contribution is -2.56. The molecule has 4 rings (SSSR count). The second-order valence-corrected chi connectivity index (χ2v) is 8.07. The number of hydrogen-bond acceptors (Lipinski definition) is 3. The topological polar surface area (TPSA) is 61.9 Å². The molecule has 3 fully saturated rings. The van der Waals surface area contributed by atoms with Crippen LogP contribution >= 0.6 is 11.6 Å². The van der Waals surface area contributed by atoms with Gasteiger partial charge in [0.05, 0.1) is 6.10 Å². The molecule has 0 spiro atoms. The van der Waals surface area contributed by atoms with Crippen LogP contribution in [0.2, 0.25) is 5.02 Å². The summed E-state index contributed by atoms with van der Waals surface area (Å²) in [5.41, 5.74) is 0.592. The maximum Gasteiger partial charge on any atom is 0.317 e. The number of piperazine rings is 1. The van der Waals surface area contributed by atoms with Gasteiger partial charge in [-0.2, -0.15) is 0 Å². The summed E-state index contributed by atoms with van der Waals surface area (Å²) < 4.78 is 5.79. The van der Waals surface area contributed by atoms with Crippen molar-refractivity contribution in [1.82, 2.24) is 15.1 Å². The first kappa shape index (κ1) is 18.6. The molecule has 2 heterocycles. The van der Waals surface area contributed by atoms with E-state index in [1.807, 2.05) is 4.90 Å². The highest BCUT2D eigenvalue weighted by molar-refractivity contribution is 6.30. The molecule has 1 aliphatic carbocycles. The Morgan fingerprint density at radius 1 is 1.07 bits per heavy atom. The zero-order valence-electron chi connectivity index (χ0n) is 15.4. The van der Waals surface area contributed by atoms with E-state index in [1.165, 1.54) is 0 Å². The molecule has 1 aromatic carbocycles. The Kier molecular flexibility index (Phi) is 5.55. The van der Waals surface area contributed by atoms with Crippen molar-refractivity contribution in [2.75, 3.05) is 32.8 Å². The molecule has 2 aliphatic heterocycles. The van der Waals surface area contributed by atoms with Crippen LogP contribution in [-0.2, 0) is 4.74 Å². The first-order chi connectivity index (χ1) is 13.1. The summed E-state index contributed by atoms with van der Waals surface area (Å²) in [6, 6.07) is 7.20. The number of ether oxygens (including phenoxy) is 1. The van der Waals surface area contributed by atoms with Crippen molar-refractivity contribution in [2.24, 2.45) is 5.92 Å². The number of nitrogens with one attached hydrogen (secondary N) is 1. The zero-order valence-corrected chi connectivity index (χ0v) is 16.2. The quantitative estimate of drug-likeness (QED) is 0.843. The molecule has 3 aliphatic rings. The van der Waals surface area contributed by atoms with Gasteiger partial charge in [0.1, 0.15) is 0 Å². The highest BCUT2D eigenvalue weighted by Gasteiger charge is 2.39. The van der Waals surface area contributed by atoms with Gasteiger partial charge in [-0.1, -0.05) is 17.7 Å². The smallest absolute Gasteiger partial charge is 0.317 e. The first-order valence-corrected chi connectivity index (χ1v) is 10.2. The lowest BCUT2D eigenvalue weighted by Gasteiger charge is -2.38. The van der Waals surface area contributed by atoms with Gasteiger partial charge < -0.3 is 19.9 Å². The van der Waals surface area contributed by atoms with Gasteiger partial charge in [0.25, 0.3) is 5.91 Å². The highest BCUT2D eigenvalue weighted by atomic mass is 35.5. The van der Waals surface area contributed by atoms with Crippen LogP contribution in [0.4, 0.5) is 4.79 Å². The van der Waals surface area contributed by atoms with Gasteiger partial charge in [0, 0.05) is 55.3 Å². The normalized spacial score (nSPS) is 28.0. The molecule has 146 valence electrons. The molecular formula is C20H26ClN3O3. The van der Waals surface area contributed by atoms with Crippen LogP contribution in [0.1, 0.15) is 36.0 Å². The van der Waals surface area contributed by atoms with E-state index >= 15 is 0 Å². The predicted octanol–water partition coefficient (Wildman–Crippen LogP) is 2.77. The van der Waals surface area contributed by atoms with E-state index in [4.69, 9.17) is 16.3 Å². The standard InChI is InChI=1S/C20H26ClN3O3/c21-15-4-1-3-14(13-15)19(25)23-8-10-24(11-9-23)20(26)22-17-5-2-6-18-16(17)7-12-27-18/h1,3-4,13,16-18H,2,5-12H2,(H,22,26). The lowest BCUT2D eigenvalue weighted by atomic mass is 9.82. The molecule has 2 saturated heterocycles. The fourth-order valence-electron chi connectivity index (χ4n) is 4.52. The van der Waals surface area contributed by atoms with E-state index in [9.17, 15) is 9.59 Å². The monoisotopic (exact) mass is 391 g/mol. The van der Waals surface area contributed by atoms with Gasteiger partial charge in [0.2, 0.25) is 0 Å². The highest BCUT2D eigenvalue weighted by Crippen LogP contribution is 2.34. The number of hydrogen-bond donors (Lipinski definition) is 1. The van der Waals surface area contributed by atoms with Crippen molar-refractivity contribution in [2.45, 2.75) is 37.8 Å². The molecule has 0 aromatic heterocycles. The number of halogens is 1. The number of urea groups is 1. The third-order valence-electron chi connectivity index (χ3n) is 6.02. The predicted molar refractivity (Wildman–Crippen MR) is 103 cm³/mol. The molecule has 3 amide bonds. The van der Waals surface area contributed by atoms with E-state index in [2.05, 4.69) is 5.32 Å². The van der Waals surface area contributed by atoms with Gasteiger partial charge >= 0.3 is 6.03 Å². The van der Waals surface area contributed by atoms with Crippen LogP contribution in [0.25, 0.3) is 0 Å². The summed E-state index contributed by atoms with van der Waals surface area (Å²) in [5.74, 6) is 0.421. The maximum absolute atomic E-state index is 12.7. The number of amides is 3. The number of carbonyl (C=O) groups excluding carboxylic acids is 2. The molecular weight excluding hydrogens is 366 g/mol. The SMILES string of the molecule is O=C(NC1CCCC2OCCC12)N1CCN(C(=O)c2cccc(Cl)c2)CC1. The molecule has 1 saturated carbocycles. The summed E-state index contributed by atoms with van der Waals surface area (Å²) in [6.45, 7) is 2.99. The average Bonchev–Trinajstić information content (AvgIpc) is 3.17.